The summed E-state index contributed by atoms with van der Waals surface area (Å²) in [5, 5.41) is 10.1. The minimum atomic E-state index is -0.588. The van der Waals surface area contributed by atoms with Gasteiger partial charge in [-0.1, -0.05) is 19.3 Å². The average Bonchev–Trinajstić information content (AvgIpc) is 3.11. The molecule has 23 heavy (non-hydrogen) atoms. The Kier molecular flexibility index (Phi) is 5.73. The molecule has 5 heteroatoms. The van der Waals surface area contributed by atoms with Crippen molar-refractivity contribution < 1.29 is 14.3 Å². The first kappa shape index (κ1) is 16.5. The smallest absolute Gasteiger partial charge is 0.222 e. The van der Waals surface area contributed by atoms with Gasteiger partial charge in [0.05, 0.1) is 6.26 Å². The summed E-state index contributed by atoms with van der Waals surface area (Å²) in [6.07, 6.45) is 8.08. The van der Waals surface area contributed by atoms with Crippen LogP contribution in [0.4, 0.5) is 0 Å². The Hall–Kier alpha value is -1.33. The standard InChI is InChI=1S/C18H28N2O3/c21-16(17-7-4-12-23-17)14-19-8-10-20(11-9-19)18(22)13-15-5-2-1-3-6-15/h4,7,12,15-16,21H,1-3,5-6,8-11,13-14H2/t16-/m0/s1. The SMILES string of the molecule is O=C(CC1CCCCC1)N1CCN(C[C@H](O)c2ccco2)CC1. The van der Waals surface area contributed by atoms with Gasteiger partial charge >= 0.3 is 0 Å². The maximum atomic E-state index is 12.4. The number of carbonyl (C=O) groups is 1. The Morgan fingerprint density at radius 2 is 1.96 bits per heavy atom. The van der Waals surface area contributed by atoms with Crippen molar-refractivity contribution in [1.29, 1.82) is 0 Å². The van der Waals surface area contributed by atoms with Gasteiger partial charge in [0.25, 0.3) is 0 Å². The van der Waals surface area contributed by atoms with Gasteiger partial charge in [-0.15, -0.1) is 0 Å². The molecule has 1 aromatic heterocycles. The van der Waals surface area contributed by atoms with E-state index in [2.05, 4.69) is 4.90 Å². The lowest BCUT2D eigenvalue weighted by Gasteiger charge is -2.36. The van der Waals surface area contributed by atoms with Crippen LogP contribution in [0.15, 0.2) is 22.8 Å². The van der Waals surface area contributed by atoms with E-state index in [4.69, 9.17) is 4.42 Å². The highest BCUT2D eigenvalue weighted by Gasteiger charge is 2.25. The number of rotatable bonds is 5. The van der Waals surface area contributed by atoms with E-state index in [0.29, 0.717) is 24.1 Å². The Bertz CT molecular complexity index is 474. The van der Waals surface area contributed by atoms with Gasteiger partial charge in [-0.05, 0) is 30.9 Å². The first-order valence-corrected chi connectivity index (χ1v) is 8.94. The lowest BCUT2D eigenvalue weighted by atomic mass is 9.86. The van der Waals surface area contributed by atoms with Crippen LogP contribution in [0.2, 0.25) is 0 Å². The molecular weight excluding hydrogens is 292 g/mol. The van der Waals surface area contributed by atoms with Gasteiger partial charge in [0.15, 0.2) is 0 Å². The molecule has 1 amide bonds. The summed E-state index contributed by atoms with van der Waals surface area (Å²) in [4.78, 5) is 16.6. The zero-order valence-electron chi connectivity index (χ0n) is 13.8. The zero-order chi connectivity index (χ0) is 16.1. The van der Waals surface area contributed by atoms with Crippen LogP contribution >= 0.6 is 0 Å². The number of β-amino-alcohol motifs (C(OH)–C–C–N with tert-alkyl or cyclic N) is 1. The molecule has 0 unspecified atom stereocenters. The van der Waals surface area contributed by atoms with Gasteiger partial charge in [0.1, 0.15) is 11.9 Å². The van der Waals surface area contributed by atoms with Crippen molar-refractivity contribution in [2.45, 2.75) is 44.6 Å². The van der Waals surface area contributed by atoms with Crippen molar-refractivity contribution in [2.75, 3.05) is 32.7 Å². The Morgan fingerprint density at radius 3 is 2.61 bits per heavy atom. The number of nitrogens with zero attached hydrogens (tertiary/aromatic N) is 2. The Morgan fingerprint density at radius 1 is 1.22 bits per heavy atom. The van der Waals surface area contributed by atoms with Crippen molar-refractivity contribution in [3.05, 3.63) is 24.2 Å². The highest BCUT2D eigenvalue weighted by Crippen LogP contribution is 2.27. The largest absolute Gasteiger partial charge is 0.467 e. The third-order valence-electron chi connectivity index (χ3n) is 5.22. The lowest BCUT2D eigenvalue weighted by molar-refractivity contribution is -0.134. The van der Waals surface area contributed by atoms with Gasteiger partial charge in [-0.3, -0.25) is 9.69 Å². The molecule has 5 nitrogen and oxygen atoms in total. The topological polar surface area (TPSA) is 56.9 Å². The molecule has 1 aliphatic carbocycles. The highest BCUT2D eigenvalue weighted by molar-refractivity contribution is 5.76. The predicted octanol–water partition coefficient (Wildman–Crippen LogP) is 2.43. The van der Waals surface area contributed by atoms with Crippen molar-refractivity contribution in [1.82, 2.24) is 9.80 Å². The quantitative estimate of drug-likeness (QED) is 0.905. The Balaban J connectivity index is 1.40. The molecule has 3 rings (SSSR count). The van der Waals surface area contributed by atoms with Crippen LogP contribution in [-0.2, 0) is 4.79 Å². The predicted molar refractivity (Wildman–Crippen MR) is 87.9 cm³/mol. The minimum absolute atomic E-state index is 0.322. The van der Waals surface area contributed by atoms with Gasteiger partial charge < -0.3 is 14.4 Å². The minimum Gasteiger partial charge on any atom is -0.467 e. The molecule has 0 bridgehead atoms. The second-order valence-corrected chi connectivity index (χ2v) is 6.92. The molecular formula is C18H28N2O3. The summed E-state index contributed by atoms with van der Waals surface area (Å²) >= 11 is 0. The maximum absolute atomic E-state index is 12.4. The maximum Gasteiger partial charge on any atom is 0.222 e. The summed E-state index contributed by atoms with van der Waals surface area (Å²) in [6, 6.07) is 3.59. The third-order valence-corrected chi connectivity index (χ3v) is 5.22. The Labute approximate surface area is 138 Å². The number of carbonyl (C=O) groups excluding carboxylic acids is 1. The molecule has 1 atom stereocenters. The normalized spacial score (nSPS) is 22.2. The molecule has 1 saturated heterocycles. The van der Waals surface area contributed by atoms with Gasteiger partial charge in [-0.2, -0.15) is 0 Å². The molecule has 2 aliphatic rings. The third kappa shape index (κ3) is 4.58. The van der Waals surface area contributed by atoms with Crippen LogP contribution in [-0.4, -0.2) is 53.5 Å². The van der Waals surface area contributed by atoms with Crippen LogP contribution in [0.1, 0.15) is 50.4 Å². The molecule has 1 aliphatic heterocycles. The number of amides is 1. The monoisotopic (exact) mass is 320 g/mol. The molecule has 128 valence electrons. The fourth-order valence-electron chi connectivity index (χ4n) is 3.76. The van der Waals surface area contributed by atoms with Crippen LogP contribution < -0.4 is 0 Å². The number of piperazine rings is 1. The summed E-state index contributed by atoms with van der Waals surface area (Å²) in [7, 11) is 0. The first-order chi connectivity index (χ1) is 11.2. The second-order valence-electron chi connectivity index (χ2n) is 6.92. The van der Waals surface area contributed by atoms with E-state index in [1.807, 2.05) is 4.90 Å². The van der Waals surface area contributed by atoms with Crippen molar-refractivity contribution in [3.8, 4) is 0 Å². The number of hydrogen-bond acceptors (Lipinski definition) is 4. The number of hydrogen-bond donors (Lipinski definition) is 1. The van der Waals surface area contributed by atoms with E-state index in [0.717, 1.165) is 32.6 Å². The molecule has 1 saturated carbocycles. The molecule has 1 aromatic rings. The number of furan rings is 1. The van der Waals surface area contributed by atoms with E-state index >= 15 is 0 Å². The average molecular weight is 320 g/mol. The zero-order valence-corrected chi connectivity index (χ0v) is 13.8. The second kappa shape index (κ2) is 7.97. The molecule has 1 N–H and O–H groups in total. The summed E-state index contributed by atoms with van der Waals surface area (Å²) in [6.45, 7) is 3.77. The summed E-state index contributed by atoms with van der Waals surface area (Å²) in [5.74, 6) is 1.54. The lowest BCUT2D eigenvalue weighted by Crippen LogP contribution is -2.49. The fraction of sp³-hybridized carbons (Fsp3) is 0.722. The molecule has 2 fully saturated rings. The van der Waals surface area contributed by atoms with Crippen molar-refractivity contribution in [3.63, 3.8) is 0 Å². The van der Waals surface area contributed by atoms with E-state index in [-0.39, 0.29) is 0 Å². The molecule has 2 heterocycles. The van der Waals surface area contributed by atoms with Crippen LogP contribution in [0.3, 0.4) is 0 Å². The van der Waals surface area contributed by atoms with E-state index in [1.165, 1.54) is 32.1 Å². The van der Waals surface area contributed by atoms with Crippen LogP contribution in [0, 0.1) is 5.92 Å². The van der Waals surface area contributed by atoms with Gasteiger partial charge in [0.2, 0.25) is 5.91 Å². The van der Waals surface area contributed by atoms with E-state index < -0.39 is 6.10 Å². The van der Waals surface area contributed by atoms with Crippen molar-refractivity contribution >= 4 is 5.91 Å². The molecule has 0 aromatic carbocycles. The number of aliphatic hydroxyl groups is 1. The summed E-state index contributed by atoms with van der Waals surface area (Å²) < 4.78 is 5.24. The molecule has 0 radical (unpaired) electrons. The van der Waals surface area contributed by atoms with E-state index in [9.17, 15) is 9.90 Å². The first-order valence-electron chi connectivity index (χ1n) is 8.94. The number of aliphatic hydroxyl groups excluding tert-OH is 1. The summed E-state index contributed by atoms with van der Waals surface area (Å²) in [5.41, 5.74) is 0. The molecule has 0 spiro atoms. The van der Waals surface area contributed by atoms with Gasteiger partial charge in [-0.25, -0.2) is 0 Å². The van der Waals surface area contributed by atoms with Crippen molar-refractivity contribution in [2.24, 2.45) is 5.92 Å². The van der Waals surface area contributed by atoms with E-state index in [1.54, 1.807) is 18.4 Å². The highest BCUT2D eigenvalue weighted by atomic mass is 16.4. The van der Waals surface area contributed by atoms with Gasteiger partial charge in [0, 0.05) is 39.1 Å². The fourth-order valence-corrected chi connectivity index (χ4v) is 3.76. The van der Waals surface area contributed by atoms with Crippen LogP contribution in [0.25, 0.3) is 0 Å². The van der Waals surface area contributed by atoms with Crippen LogP contribution in [0.5, 0.6) is 0 Å².